The maximum atomic E-state index is 5.85. The quantitative estimate of drug-likeness (QED) is 0.664. The first kappa shape index (κ1) is 14.3. The predicted molar refractivity (Wildman–Crippen MR) is 88.2 cm³/mol. The van der Waals surface area contributed by atoms with Crippen LogP contribution in [0.25, 0.3) is 0 Å². The molecule has 0 aromatic heterocycles. The Balaban J connectivity index is 1.88. The predicted octanol–water partition coefficient (Wildman–Crippen LogP) is 3.54. The molecule has 2 aromatic carbocycles. The van der Waals surface area contributed by atoms with Gasteiger partial charge in [-0.05, 0) is 72.9 Å². The lowest BCUT2D eigenvalue weighted by atomic mass is 9.91. The summed E-state index contributed by atoms with van der Waals surface area (Å²) < 4.78 is 0. The van der Waals surface area contributed by atoms with E-state index in [-0.39, 0.29) is 6.04 Å². The lowest BCUT2D eigenvalue weighted by Crippen LogP contribution is -2.30. The molecule has 2 aromatic rings. The second kappa shape index (κ2) is 6.00. The number of hydrazine groups is 1. The number of fused-ring (bicyclic) bond motifs is 1. The number of rotatable bonds is 4. The summed E-state index contributed by atoms with van der Waals surface area (Å²) in [5.41, 5.74) is 11.4. The lowest BCUT2D eigenvalue weighted by Gasteiger charge is -2.21. The molecule has 0 saturated carbocycles. The van der Waals surface area contributed by atoms with Crippen molar-refractivity contribution in [3.05, 3.63) is 69.8 Å². The van der Waals surface area contributed by atoms with Gasteiger partial charge in [0.2, 0.25) is 0 Å². The van der Waals surface area contributed by atoms with Crippen molar-refractivity contribution in [2.75, 3.05) is 0 Å². The first-order valence-electron chi connectivity index (χ1n) is 7.82. The molecule has 2 nitrogen and oxygen atoms in total. The van der Waals surface area contributed by atoms with E-state index in [1.54, 1.807) is 0 Å². The van der Waals surface area contributed by atoms with Gasteiger partial charge < -0.3 is 0 Å². The fraction of sp³-hybridized carbons (Fsp3) is 0.368. The Morgan fingerprint density at radius 1 is 1.05 bits per heavy atom. The molecule has 1 unspecified atom stereocenters. The molecule has 0 bridgehead atoms. The normalized spacial score (nSPS) is 15.0. The van der Waals surface area contributed by atoms with E-state index in [0.717, 1.165) is 6.42 Å². The van der Waals surface area contributed by atoms with E-state index in [1.165, 1.54) is 52.6 Å². The molecule has 0 heterocycles. The van der Waals surface area contributed by atoms with Crippen LogP contribution in [0, 0.1) is 13.8 Å². The molecule has 3 N–H and O–H groups in total. The van der Waals surface area contributed by atoms with Gasteiger partial charge in [0, 0.05) is 0 Å². The van der Waals surface area contributed by atoms with Crippen molar-refractivity contribution < 1.29 is 0 Å². The van der Waals surface area contributed by atoms with Crippen LogP contribution >= 0.6 is 0 Å². The SMILES string of the molecule is Cc1cccc(C)c1C(Cc1ccc2c(c1)CCC2)NN. The first-order valence-corrected chi connectivity index (χ1v) is 7.82. The van der Waals surface area contributed by atoms with Crippen LogP contribution in [0.3, 0.4) is 0 Å². The molecule has 1 atom stereocenters. The third-order valence-electron chi connectivity index (χ3n) is 4.69. The molecule has 3 rings (SSSR count). The fourth-order valence-corrected chi connectivity index (χ4v) is 3.61. The minimum Gasteiger partial charge on any atom is -0.271 e. The summed E-state index contributed by atoms with van der Waals surface area (Å²) in [4.78, 5) is 0. The summed E-state index contributed by atoms with van der Waals surface area (Å²) in [6.45, 7) is 4.32. The van der Waals surface area contributed by atoms with Crippen LogP contribution in [0.5, 0.6) is 0 Å². The zero-order valence-corrected chi connectivity index (χ0v) is 12.9. The topological polar surface area (TPSA) is 38.0 Å². The second-order valence-corrected chi connectivity index (χ2v) is 6.19. The third kappa shape index (κ3) is 2.87. The summed E-state index contributed by atoms with van der Waals surface area (Å²) in [5.74, 6) is 5.85. The summed E-state index contributed by atoms with van der Waals surface area (Å²) in [7, 11) is 0. The maximum absolute atomic E-state index is 5.85. The number of aryl methyl sites for hydroxylation is 4. The Morgan fingerprint density at radius 3 is 2.48 bits per heavy atom. The summed E-state index contributed by atoms with van der Waals surface area (Å²) >= 11 is 0. The Morgan fingerprint density at radius 2 is 1.76 bits per heavy atom. The van der Waals surface area contributed by atoms with Gasteiger partial charge in [0.05, 0.1) is 6.04 Å². The zero-order valence-electron chi connectivity index (χ0n) is 12.9. The van der Waals surface area contributed by atoms with Crippen LogP contribution in [0.4, 0.5) is 0 Å². The van der Waals surface area contributed by atoms with E-state index in [0.29, 0.717) is 0 Å². The van der Waals surface area contributed by atoms with Crippen LogP contribution in [0.1, 0.15) is 45.8 Å². The fourth-order valence-electron chi connectivity index (χ4n) is 3.61. The lowest BCUT2D eigenvalue weighted by molar-refractivity contribution is 0.546. The highest BCUT2D eigenvalue weighted by atomic mass is 15.2. The van der Waals surface area contributed by atoms with E-state index >= 15 is 0 Å². The molecule has 0 aliphatic heterocycles. The summed E-state index contributed by atoms with van der Waals surface area (Å²) in [6.07, 6.45) is 4.71. The van der Waals surface area contributed by atoms with E-state index in [9.17, 15) is 0 Å². The minimum absolute atomic E-state index is 0.172. The van der Waals surface area contributed by atoms with E-state index < -0.39 is 0 Å². The summed E-state index contributed by atoms with van der Waals surface area (Å²) in [6, 6.07) is 13.5. The minimum atomic E-state index is 0.172. The average molecular weight is 280 g/mol. The third-order valence-corrected chi connectivity index (χ3v) is 4.69. The van der Waals surface area contributed by atoms with Crippen molar-refractivity contribution in [3.63, 3.8) is 0 Å². The maximum Gasteiger partial charge on any atom is 0.0505 e. The highest BCUT2D eigenvalue weighted by Crippen LogP contribution is 2.27. The van der Waals surface area contributed by atoms with Crippen molar-refractivity contribution in [1.29, 1.82) is 0 Å². The molecule has 0 fully saturated rings. The van der Waals surface area contributed by atoms with Crippen LogP contribution < -0.4 is 11.3 Å². The molecule has 0 saturated heterocycles. The van der Waals surface area contributed by atoms with Gasteiger partial charge in [-0.1, -0.05) is 36.4 Å². The number of hydrogen-bond donors (Lipinski definition) is 2. The van der Waals surface area contributed by atoms with Gasteiger partial charge in [0.25, 0.3) is 0 Å². The molecule has 1 aliphatic carbocycles. The van der Waals surface area contributed by atoms with Crippen molar-refractivity contribution >= 4 is 0 Å². The highest BCUT2D eigenvalue weighted by molar-refractivity contribution is 5.39. The van der Waals surface area contributed by atoms with Crippen molar-refractivity contribution in [1.82, 2.24) is 5.43 Å². The number of benzene rings is 2. The molecular weight excluding hydrogens is 256 g/mol. The van der Waals surface area contributed by atoms with E-state index in [1.807, 2.05) is 0 Å². The number of nitrogens with two attached hydrogens (primary N) is 1. The van der Waals surface area contributed by atoms with Gasteiger partial charge in [-0.2, -0.15) is 0 Å². The molecular formula is C19H24N2. The monoisotopic (exact) mass is 280 g/mol. The largest absolute Gasteiger partial charge is 0.271 e. The zero-order chi connectivity index (χ0) is 14.8. The average Bonchev–Trinajstić information content (AvgIpc) is 2.93. The molecule has 0 amide bonds. The molecule has 2 heteroatoms. The van der Waals surface area contributed by atoms with Gasteiger partial charge in [0.1, 0.15) is 0 Å². The van der Waals surface area contributed by atoms with Gasteiger partial charge in [-0.15, -0.1) is 0 Å². The second-order valence-electron chi connectivity index (χ2n) is 6.19. The van der Waals surface area contributed by atoms with E-state index in [2.05, 4.69) is 55.7 Å². The Bertz CT molecular complexity index is 626. The molecule has 0 radical (unpaired) electrons. The smallest absolute Gasteiger partial charge is 0.0505 e. The highest BCUT2D eigenvalue weighted by Gasteiger charge is 2.17. The van der Waals surface area contributed by atoms with Gasteiger partial charge in [-0.3, -0.25) is 11.3 Å². The van der Waals surface area contributed by atoms with Crippen molar-refractivity contribution in [2.45, 2.75) is 45.6 Å². The number of hydrogen-bond acceptors (Lipinski definition) is 2. The van der Waals surface area contributed by atoms with Gasteiger partial charge in [-0.25, -0.2) is 0 Å². The standard InChI is InChI=1S/C19H24N2/c1-13-5-3-6-14(2)19(13)18(21-20)12-15-9-10-16-7-4-8-17(16)11-15/h3,5-6,9-11,18,21H,4,7-8,12,20H2,1-2H3. The molecule has 0 spiro atoms. The number of nitrogens with one attached hydrogen (secondary N) is 1. The summed E-state index contributed by atoms with van der Waals surface area (Å²) in [5, 5.41) is 0. The van der Waals surface area contributed by atoms with Crippen molar-refractivity contribution in [3.8, 4) is 0 Å². The Kier molecular flexibility index (Phi) is 4.09. The van der Waals surface area contributed by atoms with Crippen LogP contribution in [-0.4, -0.2) is 0 Å². The van der Waals surface area contributed by atoms with E-state index in [4.69, 9.17) is 5.84 Å². The Labute approximate surface area is 127 Å². The Hall–Kier alpha value is -1.64. The van der Waals surface area contributed by atoms with Crippen molar-refractivity contribution in [2.24, 2.45) is 5.84 Å². The molecule has 21 heavy (non-hydrogen) atoms. The van der Waals surface area contributed by atoms with Crippen LogP contribution in [-0.2, 0) is 19.3 Å². The molecule has 110 valence electrons. The van der Waals surface area contributed by atoms with Gasteiger partial charge >= 0.3 is 0 Å². The van der Waals surface area contributed by atoms with Crippen LogP contribution in [0.2, 0.25) is 0 Å². The van der Waals surface area contributed by atoms with Crippen LogP contribution in [0.15, 0.2) is 36.4 Å². The molecule has 1 aliphatic rings. The first-order chi connectivity index (χ1) is 10.2. The van der Waals surface area contributed by atoms with Gasteiger partial charge in [0.15, 0.2) is 0 Å².